The summed E-state index contributed by atoms with van der Waals surface area (Å²) >= 11 is 6.06. The van der Waals surface area contributed by atoms with Gasteiger partial charge >= 0.3 is 6.03 Å². The number of hydrogen-bond donors (Lipinski definition) is 0. The number of para-hydroxylation sites is 1. The number of halogens is 4. The lowest BCUT2D eigenvalue weighted by Crippen LogP contribution is -2.51. The molecule has 0 saturated heterocycles. The van der Waals surface area contributed by atoms with Gasteiger partial charge in [0.2, 0.25) is 0 Å². The third-order valence-corrected chi connectivity index (χ3v) is 6.67. The maximum atomic E-state index is 14.4. The first kappa shape index (κ1) is 20.2. The molecule has 154 valence electrons. The van der Waals surface area contributed by atoms with E-state index in [0.29, 0.717) is 12.1 Å². The van der Waals surface area contributed by atoms with Gasteiger partial charge in [-0.2, -0.15) is 4.31 Å². The van der Waals surface area contributed by atoms with E-state index >= 15 is 0 Å². The van der Waals surface area contributed by atoms with Crippen LogP contribution >= 0.6 is 11.6 Å². The van der Waals surface area contributed by atoms with E-state index in [4.69, 9.17) is 11.6 Å². The van der Waals surface area contributed by atoms with Gasteiger partial charge in [-0.3, -0.25) is 4.90 Å². The molecule has 0 unspecified atom stereocenters. The van der Waals surface area contributed by atoms with Crippen LogP contribution in [-0.4, -0.2) is 14.4 Å². The smallest absolute Gasteiger partial charge is 0.287 e. The molecule has 3 aromatic carbocycles. The predicted molar refractivity (Wildman–Crippen MR) is 105 cm³/mol. The molecule has 1 heterocycles. The van der Waals surface area contributed by atoms with Crippen molar-refractivity contribution in [2.45, 2.75) is 11.4 Å². The summed E-state index contributed by atoms with van der Waals surface area (Å²) in [5.41, 5.74) is -0.865. The molecule has 3 aromatic rings. The summed E-state index contributed by atoms with van der Waals surface area (Å²) in [4.78, 5) is 13.8. The molecule has 1 aliphatic heterocycles. The second-order valence-corrected chi connectivity index (χ2v) is 8.56. The highest BCUT2D eigenvalue weighted by molar-refractivity contribution is 7.94. The van der Waals surface area contributed by atoms with Crippen molar-refractivity contribution in [1.29, 1.82) is 0 Å². The highest BCUT2D eigenvalue weighted by atomic mass is 35.5. The monoisotopic (exact) mass is 452 g/mol. The van der Waals surface area contributed by atoms with E-state index in [0.717, 1.165) is 17.0 Å². The van der Waals surface area contributed by atoms with Gasteiger partial charge in [-0.15, -0.1) is 0 Å². The number of fused-ring (bicyclic) bond motifs is 1. The van der Waals surface area contributed by atoms with Gasteiger partial charge in [0, 0.05) is 16.7 Å². The minimum atomic E-state index is -4.56. The molecule has 0 fully saturated rings. The molecule has 0 radical (unpaired) electrons. The predicted octanol–water partition coefficient (Wildman–Crippen LogP) is 5.09. The molecular weight excluding hydrogens is 441 g/mol. The van der Waals surface area contributed by atoms with E-state index < -0.39 is 45.7 Å². The number of benzene rings is 3. The number of nitrogens with zero attached hydrogens (tertiary/aromatic N) is 2. The van der Waals surface area contributed by atoms with Crippen molar-refractivity contribution in [3.63, 3.8) is 0 Å². The van der Waals surface area contributed by atoms with E-state index in [1.54, 1.807) is 0 Å². The fraction of sp³-hybridized carbons (Fsp3) is 0.0500. The summed E-state index contributed by atoms with van der Waals surface area (Å²) in [6.45, 7) is -0.426. The molecule has 2 amide bonds. The maximum absolute atomic E-state index is 14.4. The third kappa shape index (κ3) is 3.20. The fourth-order valence-corrected chi connectivity index (χ4v) is 5.00. The van der Waals surface area contributed by atoms with Crippen LogP contribution in [0, 0.1) is 17.5 Å². The van der Waals surface area contributed by atoms with Gasteiger partial charge < -0.3 is 0 Å². The lowest BCUT2D eigenvalue weighted by Gasteiger charge is -2.36. The van der Waals surface area contributed by atoms with Gasteiger partial charge in [0.25, 0.3) is 10.0 Å². The number of amides is 2. The quantitative estimate of drug-likeness (QED) is 0.556. The minimum Gasteiger partial charge on any atom is -0.287 e. The average molecular weight is 453 g/mol. The molecule has 4 rings (SSSR count). The highest BCUT2D eigenvalue weighted by Crippen LogP contribution is 2.39. The van der Waals surface area contributed by atoms with Crippen LogP contribution in [0.1, 0.15) is 5.56 Å². The topological polar surface area (TPSA) is 57.7 Å². The van der Waals surface area contributed by atoms with Crippen molar-refractivity contribution in [3.8, 4) is 0 Å². The molecular formula is C20H12ClF3N2O3S. The second kappa shape index (κ2) is 7.33. The minimum absolute atomic E-state index is 0.0252. The molecule has 0 N–H and O–H groups in total. The summed E-state index contributed by atoms with van der Waals surface area (Å²) < 4.78 is 68.9. The lowest BCUT2D eigenvalue weighted by atomic mass is 10.1. The van der Waals surface area contributed by atoms with Crippen molar-refractivity contribution >= 4 is 39.0 Å². The van der Waals surface area contributed by atoms with Crippen LogP contribution in [0.5, 0.6) is 0 Å². The number of anilines is 2. The van der Waals surface area contributed by atoms with Crippen molar-refractivity contribution in [1.82, 2.24) is 0 Å². The Balaban J connectivity index is 1.93. The van der Waals surface area contributed by atoms with E-state index in [-0.39, 0.29) is 25.5 Å². The van der Waals surface area contributed by atoms with Crippen LogP contribution < -0.4 is 9.21 Å². The zero-order valence-corrected chi connectivity index (χ0v) is 16.6. The van der Waals surface area contributed by atoms with E-state index in [9.17, 15) is 26.4 Å². The van der Waals surface area contributed by atoms with E-state index in [2.05, 4.69) is 0 Å². The number of rotatable bonds is 3. The van der Waals surface area contributed by atoms with Crippen LogP contribution in [0.3, 0.4) is 0 Å². The van der Waals surface area contributed by atoms with Gasteiger partial charge in [-0.25, -0.2) is 26.4 Å². The van der Waals surface area contributed by atoms with Crippen LogP contribution in [0.25, 0.3) is 0 Å². The molecule has 0 bridgehead atoms. The maximum Gasteiger partial charge on any atom is 0.343 e. The summed E-state index contributed by atoms with van der Waals surface area (Å²) in [6.07, 6.45) is 0. The molecule has 30 heavy (non-hydrogen) atoms. The number of carbonyl (C=O) groups is 1. The Labute approximate surface area is 175 Å². The van der Waals surface area contributed by atoms with Crippen molar-refractivity contribution < 1.29 is 26.4 Å². The van der Waals surface area contributed by atoms with Gasteiger partial charge in [0.05, 0.1) is 12.2 Å². The summed E-state index contributed by atoms with van der Waals surface area (Å²) in [6, 6.07) is 10.4. The Bertz CT molecular complexity index is 1260. The number of carbonyl (C=O) groups excluding carboxylic acids is 1. The normalized spacial score (nSPS) is 15.3. The van der Waals surface area contributed by atoms with Crippen LogP contribution in [0.2, 0.25) is 5.02 Å². The highest BCUT2D eigenvalue weighted by Gasteiger charge is 2.44. The van der Waals surface area contributed by atoms with Crippen LogP contribution in [0.4, 0.5) is 29.3 Å². The van der Waals surface area contributed by atoms with Crippen molar-refractivity contribution in [2.24, 2.45) is 0 Å². The number of hydrogen-bond acceptors (Lipinski definition) is 3. The lowest BCUT2D eigenvalue weighted by molar-refractivity contribution is 0.253. The van der Waals surface area contributed by atoms with Crippen LogP contribution in [-0.2, 0) is 16.6 Å². The Hall–Kier alpha value is -3.04. The van der Waals surface area contributed by atoms with Gasteiger partial charge in [0.15, 0.2) is 0 Å². The van der Waals surface area contributed by atoms with Gasteiger partial charge in [0.1, 0.15) is 28.0 Å². The fourth-order valence-electron chi connectivity index (χ4n) is 3.18. The summed E-state index contributed by atoms with van der Waals surface area (Å²) in [5, 5.41) is 0.0252. The Kier molecular flexibility index (Phi) is 4.95. The molecule has 0 aromatic heterocycles. The largest absolute Gasteiger partial charge is 0.343 e. The zero-order valence-electron chi connectivity index (χ0n) is 15.0. The molecule has 0 saturated carbocycles. The van der Waals surface area contributed by atoms with Gasteiger partial charge in [-0.1, -0.05) is 29.8 Å². The van der Waals surface area contributed by atoms with Crippen molar-refractivity contribution in [2.75, 3.05) is 9.21 Å². The second-order valence-electron chi connectivity index (χ2n) is 6.40. The van der Waals surface area contributed by atoms with Crippen molar-refractivity contribution in [3.05, 3.63) is 88.7 Å². The molecule has 0 aliphatic carbocycles. The number of urea groups is 1. The van der Waals surface area contributed by atoms with Gasteiger partial charge in [-0.05, 0) is 36.4 Å². The SMILES string of the molecule is O=C1N(Cc2c(F)cccc2Cl)c2ccccc2S(=O)(=O)N1c1cc(F)ccc1F. The first-order chi connectivity index (χ1) is 14.2. The summed E-state index contributed by atoms with van der Waals surface area (Å²) in [5.74, 6) is -2.75. The van der Waals surface area contributed by atoms with E-state index in [1.807, 2.05) is 0 Å². The third-order valence-electron chi connectivity index (χ3n) is 4.58. The van der Waals surface area contributed by atoms with Crippen LogP contribution in [0.15, 0.2) is 65.6 Å². The first-order valence-electron chi connectivity index (χ1n) is 8.55. The zero-order chi connectivity index (χ0) is 21.6. The molecule has 1 aliphatic rings. The first-order valence-corrected chi connectivity index (χ1v) is 10.4. The Morgan fingerprint density at radius 3 is 2.33 bits per heavy atom. The molecule has 0 atom stereocenters. The Morgan fingerprint density at radius 1 is 0.867 bits per heavy atom. The average Bonchev–Trinajstić information content (AvgIpc) is 2.70. The number of sulfonamides is 1. The molecule has 10 heteroatoms. The molecule has 5 nitrogen and oxygen atoms in total. The standard InChI is InChI=1S/C20H12ClF3N2O3S/c21-14-4-3-5-15(23)13(14)11-25-17-6-1-2-7-19(17)30(28,29)26(20(25)27)18-10-12(22)8-9-16(18)24/h1-10H,11H2. The summed E-state index contributed by atoms with van der Waals surface area (Å²) in [7, 11) is -4.56. The molecule has 0 spiro atoms. The van der Waals surface area contributed by atoms with E-state index in [1.165, 1.54) is 36.4 Å². The Morgan fingerprint density at radius 2 is 1.60 bits per heavy atom.